The lowest BCUT2D eigenvalue weighted by Gasteiger charge is -2.51. The molecule has 1 aliphatic carbocycles. The number of nitrogens with one attached hydrogen (secondary N) is 1. The van der Waals surface area contributed by atoms with Gasteiger partial charge in [0.05, 0.1) is 11.6 Å². The number of hydrogen-bond acceptors (Lipinski definition) is 5. The van der Waals surface area contributed by atoms with Gasteiger partial charge in [0.1, 0.15) is 17.2 Å². The zero-order chi connectivity index (χ0) is 25.3. The summed E-state index contributed by atoms with van der Waals surface area (Å²) in [6.07, 6.45) is 4.33. The fourth-order valence-electron chi connectivity index (χ4n) is 5.28. The van der Waals surface area contributed by atoms with Crippen LogP contribution in [0.5, 0.6) is 5.75 Å². The van der Waals surface area contributed by atoms with E-state index in [0.29, 0.717) is 38.6 Å². The Balaban J connectivity index is 1.63. The predicted molar refractivity (Wildman–Crippen MR) is 123 cm³/mol. The number of fused-ring (bicyclic) bond motifs is 1. The van der Waals surface area contributed by atoms with Crippen molar-refractivity contribution in [1.82, 2.24) is 14.8 Å². The number of ether oxygens (including phenoxy) is 1. The van der Waals surface area contributed by atoms with E-state index in [4.69, 9.17) is 4.74 Å². The third-order valence-electron chi connectivity index (χ3n) is 7.02. The Bertz CT molecular complexity index is 1200. The molecule has 2 N–H and O–H groups in total. The topological polar surface area (TPSA) is 101 Å². The van der Waals surface area contributed by atoms with Crippen molar-refractivity contribution >= 4 is 11.8 Å². The number of carbonyl (C=O) groups is 2. The summed E-state index contributed by atoms with van der Waals surface area (Å²) in [4.78, 5) is 40.7. The summed E-state index contributed by atoms with van der Waals surface area (Å²) >= 11 is 0. The Morgan fingerprint density at radius 2 is 1.94 bits per heavy atom. The lowest BCUT2D eigenvalue weighted by atomic mass is 9.77. The van der Waals surface area contributed by atoms with Crippen LogP contribution in [0.2, 0.25) is 0 Å². The van der Waals surface area contributed by atoms with Crippen LogP contribution in [0.15, 0.2) is 29.2 Å². The Labute approximate surface area is 201 Å². The van der Waals surface area contributed by atoms with E-state index in [2.05, 4.69) is 5.32 Å². The van der Waals surface area contributed by atoms with Gasteiger partial charge in [-0.3, -0.25) is 14.4 Å². The first-order valence-corrected chi connectivity index (χ1v) is 11.8. The quantitative estimate of drug-likeness (QED) is 0.650. The van der Waals surface area contributed by atoms with Gasteiger partial charge in [0.15, 0.2) is 11.4 Å². The van der Waals surface area contributed by atoms with Gasteiger partial charge in [0, 0.05) is 44.1 Å². The molecule has 0 radical (unpaired) electrons. The molecular formula is C25H29F2N3O5. The highest BCUT2D eigenvalue weighted by Gasteiger charge is 2.47. The number of amides is 2. The van der Waals surface area contributed by atoms with Crippen LogP contribution in [0, 0.1) is 11.6 Å². The molecule has 188 valence electrons. The summed E-state index contributed by atoms with van der Waals surface area (Å²) in [6.45, 7) is 4.87. The van der Waals surface area contributed by atoms with Crippen LogP contribution < -0.4 is 10.7 Å². The number of likely N-dealkylation sites (N-methyl/N-ethyl adjacent to an activating group) is 1. The molecule has 1 fully saturated rings. The van der Waals surface area contributed by atoms with Crippen LogP contribution in [0.4, 0.5) is 8.78 Å². The molecule has 1 aromatic heterocycles. The van der Waals surface area contributed by atoms with Crippen molar-refractivity contribution in [2.75, 3.05) is 13.2 Å². The van der Waals surface area contributed by atoms with Gasteiger partial charge in [-0.1, -0.05) is 6.07 Å². The zero-order valence-corrected chi connectivity index (χ0v) is 19.8. The molecular weight excluding hydrogens is 460 g/mol. The largest absolute Gasteiger partial charge is 0.503 e. The van der Waals surface area contributed by atoms with Gasteiger partial charge in [-0.2, -0.15) is 0 Å². The molecule has 1 aromatic carbocycles. The smallest absolute Gasteiger partial charge is 0.275 e. The summed E-state index contributed by atoms with van der Waals surface area (Å²) < 4.78 is 34.3. The molecule has 2 aromatic rings. The number of carbonyl (C=O) groups excluding carboxylic acids is 2. The summed E-state index contributed by atoms with van der Waals surface area (Å²) in [7, 11) is 0. The maximum atomic E-state index is 13.9. The SMILES string of the molecule is CCOC1CCC2(CC1)Cn1cc(C(=O)NCc3ccc(F)cc3F)c(=O)c(O)c1C(=O)N2CC. The number of hydrogen-bond donors (Lipinski definition) is 2. The third-order valence-corrected chi connectivity index (χ3v) is 7.02. The van der Waals surface area contributed by atoms with E-state index in [1.807, 2.05) is 13.8 Å². The minimum Gasteiger partial charge on any atom is -0.503 e. The minimum atomic E-state index is -0.978. The maximum Gasteiger partial charge on any atom is 0.275 e. The number of benzene rings is 1. The first-order chi connectivity index (χ1) is 16.7. The van der Waals surface area contributed by atoms with Crippen molar-refractivity contribution in [3.05, 3.63) is 63.1 Å². The van der Waals surface area contributed by atoms with Gasteiger partial charge < -0.3 is 24.6 Å². The number of aromatic hydroxyl groups is 1. The number of aromatic nitrogens is 1. The molecule has 35 heavy (non-hydrogen) atoms. The average Bonchev–Trinajstić information content (AvgIpc) is 2.82. The summed E-state index contributed by atoms with van der Waals surface area (Å²) in [6, 6.07) is 2.96. The summed E-state index contributed by atoms with van der Waals surface area (Å²) in [5.74, 6) is -3.64. The van der Waals surface area contributed by atoms with Gasteiger partial charge in [-0.15, -0.1) is 0 Å². The van der Waals surface area contributed by atoms with Gasteiger partial charge in [-0.05, 0) is 45.6 Å². The van der Waals surface area contributed by atoms with E-state index in [1.165, 1.54) is 16.8 Å². The van der Waals surface area contributed by atoms with E-state index in [9.17, 15) is 28.3 Å². The number of rotatable bonds is 6. The van der Waals surface area contributed by atoms with Crippen LogP contribution in [0.1, 0.15) is 65.9 Å². The van der Waals surface area contributed by atoms with E-state index >= 15 is 0 Å². The van der Waals surface area contributed by atoms with Crippen LogP contribution >= 0.6 is 0 Å². The molecule has 1 spiro atoms. The van der Waals surface area contributed by atoms with E-state index in [-0.39, 0.29) is 29.5 Å². The van der Waals surface area contributed by atoms with Gasteiger partial charge in [0.2, 0.25) is 5.43 Å². The Morgan fingerprint density at radius 1 is 1.23 bits per heavy atom. The summed E-state index contributed by atoms with van der Waals surface area (Å²) in [5.41, 5.74) is -1.95. The van der Waals surface area contributed by atoms with Crippen molar-refractivity contribution in [1.29, 1.82) is 0 Å². The van der Waals surface area contributed by atoms with Gasteiger partial charge in [0.25, 0.3) is 11.8 Å². The molecule has 1 saturated carbocycles. The second kappa shape index (κ2) is 9.77. The molecule has 0 saturated heterocycles. The first-order valence-electron chi connectivity index (χ1n) is 11.8. The molecule has 4 rings (SSSR count). The molecule has 2 aliphatic rings. The monoisotopic (exact) mass is 489 g/mol. The van der Waals surface area contributed by atoms with Crippen LogP contribution in [-0.2, 0) is 17.8 Å². The Morgan fingerprint density at radius 3 is 2.57 bits per heavy atom. The average molecular weight is 490 g/mol. The molecule has 2 amide bonds. The van der Waals surface area contributed by atoms with Crippen molar-refractivity contribution in [2.24, 2.45) is 0 Å². The normalized spacial score (nSPS) is 21.8. The minimum absolute atomic E-state index is 0.0424. The van der Waals surface area contributed by atoms with E-state index in [1.54, 1.807) is 4.90 Å². The fourth-order valence-corrected chi connectivity index (χ4v) is 5.28. The fraction of sp³-hybridized carbons (Fsp3) is 0.480. The number of pyridine rings is 1. The second-order valence-electron chi connectivity index (χ2n) is 9.04. The standard InChI is InChI=1S/C25H29F2N3O5/c1-3-30-24(34)20-22(32)21(31)18(23(33)28-12-15-5-6-16(26)11-19(15)27)13-29(20)14-25(30)9-7-17(8-10-25)35-4-2/h5-6,11,13,17,32H,3-4,7-10,12,14H2,1-2H3,(H,28,33). The predicted octanol–water partition coefficient (Wildman–Crippen LogP) is 2.96. The number of nitrogens with zero attached hydrogens (tertiary/aromatic N) is 2. The van der Waals surface area contributed by atoms with Crippen LogP contribution in [-0.4, -0.2) is 51.2 Å². The number of halogens is 2. The molecule has 0 bridgehead atoms. The molecule has 10 heteroatoms. The highest BCUT2D eigenvalue weighted by Crippen LogP contribution is 2.40. The van der Waals surface area contributed by atoms with Crippen LogP contribution in [0.25, 0.3) is 0 Å². The third kappa shape index (κ3) is 4.54. The van der Waals surface area contributed by atoms with E-state index in [0.717, 1.165) is 18.9 Å². The Kier molecular flexibility index (Phi) is 6.93. The van der Waals surface area contributed by atoms with E-state index < -0.39 is 40.2 Å². The maximum absolute atomic E-state index is 13.9. The summed E-state index contributed by atoms with van der Waals surface area (Å²) in [5, 5.41) is 13.1. The Hall–Kier alpha value is -3.27. The van der Waals surface area contributed by atoms with Gasteiger partial charge >= 0.3 is 0 Å². The molecule has 0 atom stereocenters. The molecule has 1 aliphatic heterocycles. The van der Waals surface area contributed by atoms with Gasteiger partial charge in [-0.25, -0.2) is 8.78 Å². The molecule has 2 heterocycles. The van der Waals surface area contributed by atoms with Crippen molar-refractivity contribution < 1.29 is 28.2 Å². The molecule has 0 unspecified atom stereocenters. The van der Waals surface area contributed by atoms with Crippen LogP contribution in [0.3, 0.4) is 0 Å². The first kappa shape index (κ1) is 24.8. The highest BCUT2D eigenvalue weighted by atomic mass is 19.1. The molecule has 8 nitrogen and oxygen atoms in total. The highest BCUT2D eigenvalue weighted by molar-refractivity contribution is 5.99. The zero-order valence-electron chi connectivity index (χ0n) is 19.8. The second-order valence-corrected chi connectivity index (χ2v) is 9.04. The lowest BCUT2D eigenvalue weighted by Crippen LogP contribution is -2.60. The van der Waals surface area contributed by atoms with Crippen molar-refractivity contribution in [3.63, 3.8) is 0 Å². The van der Waals surface area contributed by atoms with Crippen molar-refractivity contribution in [3.8, 4) is 5.75 Å². The lowest BCUT2D eigenvalue weighted by molar-refractivity contribution is -0.0301. The van der Waals surface area contributed by atoms with Crippen molar-refractivity contribution in [2.45, 2.75) is 64.3 Å².